The molecule has 0 atom stereocenters. The fourth-order valence-corrected chi connectivity index (χ4v) is 4.21. The van der Waals surface area contributed by atoms with Gasteiger partial charge in [-0.15, -0.1) is 0 Å². The largest absolute Gasteiger partial charge is 0.446 e. The summed E-state index contributed by atoms with van der Waals surface area (Å²) >= 11 is -0.249. The van der Waals surface area contributed by atoms with Crippen LogP contribution in [0.2, 0.25) is 0 Å². The molecule has 1 aliphatic rings. The number of alkyl halides is 3. The monoisotopic (exact) mass is 368 g/mol. The highest BCUT2D eigenvalue weighted by molar-refractivity contribution is 8.00. The molecule has 0 aromatic heterocycles. The maximum Gasteiger partial charge on any atom is 0.446 e. The fraction of sp³-hybridized carbons (Fsp3) is 0.462. The van der Waals surface area contributed by atoms with Crippen LogP contribution in [0.1, 0.15) is 16.8 Å². The third kappa shape index (κ3) is 5.40. The van der Waals surface area contributed by atoms with Gasteiger partial charge in [-0.1, -0.05) is 0 Å². The summed E-state index contributed by atoms with van der Waals surface area (Å²) in [5, 5.41) is 2.56. The van der Waals surface area contributed by atoms with Crippen LogP contribution in [0.25, 0.3) is 0 Å². The van der Waals surface area contributed by atoms with Crippen molar-refractivity contribution < 1.29 is 26.4 Å². The van der Waals surface area contributed by atoms with E-state index in [-0.39, 0.29) is 41.1 Å². The highest BCUT2D eigenvalue weighted by Gasteiger charge is 2.29. The highest BCUT2D eigenvalue weighted by Crippen LogP contribution is 2.36. The SMILES string of the molecule is O=C(NCCN1CCCS1(=O)=O)c1ccc(SC(F)(F)F)cc1. The maximum atomic E-state index is 12.2. The van der Waals surface area contributed by atoms with E-state index in [0.717, 1.165) is 0 Å². The average Bonchev–Trinajstić information content (AvgIpc) is 2.77. The highest BCUT2D eigenvalue weighted by atomic mass is 32.2. The molecular weight excluding hydrogens is 353 g/mol. The number of sulfonamides is 1. The Labute approximate surface area is 136 Å². The van der Waals surface area contributed by atoms with Crippen LogP contribution in [0.15, 0.2) is 29.2 Å². The normalized spacial score (nSPS) is 18.0. The minimum Gasteiger partial charge on any atom is -0.351 e. The zero-order valence-corrected chi connectivity index (χ0v) is 13.6. The van der Waals surface area contributed by atoms with Gasteiger partial charge >= 0.3 is 5.51 Å². The first-order chi connectivity index (χ1) is 10.7. The second-order valence-electron chi connectivity index (χ2n) is 4.90. The molecule has 0 aliphatic carbocycles. The van der Waals surface area contributed by atoms with Crippen molar-refractivity contribution >= 4 is 27.7 Å². The molecule has 1 aromatic carbocycles. The van der Waals surface area contributed by atoms with E-state index in [1.54, 1.807) is 0 Å². The number of halogens is 3. The first-order valence-electron chi connectivity index (χ1n) is 6.79. The third-order valence-corrected chi connectivity index (χ3v) is 5.90. The molecule has 1 saturated heterocycles. The van der Waals surface area contributed by atoms with Gasteiger partial charge in [0.2, 0.25) is 10.0 Å². The molecule has 0 radical (unpaired) electrons. The zero-order chi connectivity index (χ0) is 17.1. The lowest BCUT2D eigenvalue weighted by molar-refractivity contribution is -0.0328. The molecule has 1 heterocycles. The number of nitrogens with one attached hydrogen (secondary N) is 1. The molecule has 10 heteroatoms. The van der Waals surface area contributed by atoms with Gasteiger partial charge in [-0.05, 0) is 42.4 Å². The van der Waals surface area contributed by atoms with E-state index in [1.165, 1.54) is 28.6 Å². The van der Waals surface area contributed by atoms with Gasteiger partial charge in [0.15, 0.2) is 0 Å². The summed E-state index contributed by atoms with van der Waals surface area (Å²) in [6, 6.07) is 5.04. The molecular formula is C13H15F3N2O3S2. The van der Waals surface area contributed by atoms with E-state index >= 15 is 0 Å². The standard InChI is InChI=1S/C13H15F3N2O3S2/c14-13(15,16)22-11-4-2-10(3-5-11)12(19)17-6-8-18-7-1-9-23(18,20)21/h2-5H,1,6-9H2,(H,17,19). The Morgan fingerprint density at radius 3 is 2.43 bits per heavy atom. The number of hydrogen-bond donors (Lipinski definition) is 1. The Balaban J connectivity index is 1.84. The minimum absolute atomic E-state index is 0.00258. The van der Waals surface area contributed by atoms with Crippen molar-refractivity contribution in [2.45, 2.75) is 16.8 Å². The number of carbonyl (C=O) groups is 1. The molecule has 1 aromatic rings. The molecule has 0 saturated carbocycles. The number of thioether (sulfide) groups is 1. The minimum atomic E-state index is -4.37. The van der Waals surface area contributed by atoms with Crippen molar-refractivity contribution in [3.63, 3.8) is 0 Å². The van der Waals surface area contributed by atoms with Gasteiger partial charge in [0, 0.05) is 30.1 Å². The third-order valence-electron chi connectivity index (χ3n) is 3.20. The van der Waals surface area contributed by atoms with Crippen LogP contribution in [-0.2, 0) is 10.0 Å². The number of nitrogens with zero attached hydrogens (tertiary/aromatic N) is 1. The van der Waals surface area contributed by atoms with Crippen LogP contribution < -0.4 is 5.32 Å². The van der Waals surface area contributed by atoms with Crippen LogP contribution in [0.3, 0.4) is 0 Å². The Bertz CT molecular complexity index is 660. The Kier molecular flexibility index (Phi) is 5.58. The van der Waals surface area contributed by atoms with Crippen molar-refractivity contribution in [1.82, 2.24) is 9.62 Å². The molecule has 0 unspecified atom stereocenters. The predicted molar refractivity (Wildman–Crippen MR) is 80.7 cm³/mol. The Morgan fingerprint density at radius 2 is 1.91 bits per heavy atom. The van der Waals surface area contributed by atoms with Gasteiger partial charge in [0.25, 0.3) is 5.91 Å². The predicted octanol–water partition coefficient (Wildman–Crippen LogP) is 2.06. The van der Waals surface area contributed by atoms with E-state index in [0.29, 0.717) is 13.0 Å². The van der Waals surface area contributed by atoms with Gasteiger partial charge in [-0.3, -0.25) is 4.79 Å². The van der Waals surface area contributed by atoms with Crippen molar-refractivity contribution in [3.05, 3.63) is 29.8 Å². The average molecular weight is 368 g/mol. The van der Waals surface area contributed by atoms with Gasteiger partial charge < -0.3 is 5.32 Å². The quantitative estimate of drug-likeness (QED) is 0.808. The molecule has 0 spiro atoms. The Morgan fingerprint density at radius 1 is 1.26 bits per heavy atom. The van der Waals surface area contributed by atoms with E-state index in [2.05, 4.69) is 5.32 Å². The summed E-state index contributed by atoms with van der Waals surface area (Å²) in [6.07, 6.45) is 0.578. The molecule has 128 valence electrons. The topological polar surface area (TPSA) is 66.5 Å². The number of benzene rings is 1. The molecule has 0 bridgehead atoms. The smallest absolute Gasteiger partial charge is 0.351 e. The van der Waals surface area contributed by atoms with Gasteiger partial charge in [0.05, 0.1) is 5.75 Å². The van der Waals surface area contributed by atoms with Crippen LogP contribution in [-0.4, -0.2) is 49.5 Å². The second kappa shape index (κ2) is 7.10. The van der Waals surface area contributed by atoms with E-state index in [9.17, 15) is 26.4 Å². The first kappa shape index (κ1) is 18.1. The van der Waals surface area contributed by atoms with E-state index < -0.39 is 21.4 Å². The fourth-order valence-electron chi connectivity index (χ4n) is 2.15. The number of carbonyl (C=O) groups excluding carboxylic acids is 1. The summed E-state index contributed by atoms with van der Waals surface area (Å²) in [4.78, 5) is 11.9. The van der Waals surface area contributed by atoms with Crippen LogP contribution in [0.5, 0.6) is 0 Å². The van der Waals surface area contributed by atoms with Gasteiger partial charge in [0.1, 0.15) is 0 Å². The molecule has 1 aliphatic heterocycles. The first-order valence-corrected chi connectivity index (χ1v) is 9.22. The Hall–Kier alpha value is -1.26. The lowest BCUT2D eigenvalue weighted by Crippen LogP contribution is -2.35. The van der Waals surface area contributed by atoms with Gasteiger partial charge in [-0.2, -0.15) is 13.2 Å². The van der Waals surface area contributed by atoms with Crippen molar-refractivity contribution in [2.24, 2.45) is 0 Å². The van der Waals surface area contributed by atoms with Crippen LogP contribution in [0, 0.1) is 0 Å². The summed E-state index contributed by atoms with van der Waals surface area (Å²) in [5.41, 5.74) is -4.15. The number of amides is 1. The molecule has 5 nitrogen and oxygen atoms in total. The summed E-state index contributed by atoms with van der Waals surface area (Å²) in [7, 11) is -3.20. The molecule has 23 heavy (non-hydrogen) atoms. The second-order valence-corrected chi connectivity index (χ2v) is 8.12. The number of hydrogen-bond acceptors (Lipinski definition) is 4. The van der Waals surface area contributed by atoms with Crippen molar-refractivity contribution in [3.8, 4) is 0 Å². The van der Waals surface area contributed by atoms with Crippen molar-refractivity contribution in [1.29, 1.82) is 0 Å². The lowest BCUT2D eigenvalue weighted by atomic mass is 10.2. The summed E-state index contributed by atoms with van der Waals surface area (Å²) in [6.45, 7) is 0.786. The van der Waals surface area contributed by atoms with E-state index in [1.807, 2.05) is 0 Å². The molecule has 1 amide bonds. The molecule has 1 N–H and O–H groups in total. The summed E-state index contributed by atoms with van der Waals surface area (Å²) in [5.74, 6) is -0.329. The summed E-state index contributed by atoms with van der Waals surface area (Å²) < 4.78 is 61.1. The number of rotatable bonds is 5. The molecule has 1 fully saturated rings. The van der Waals surface area contributed by atoms with Crippen LogP contribution in [0.4, 0.5) is 13.2 Å². The maximum absolute atomic E-state index is 12.2. The van der Waals surface area contributed by atoms with E-state index in [4.69, 9.17) is 0 Å². The van der Waals surface area contributed by atoms with Crippen LogP contribution >= 0.6 is 11.8 Å². The van der Waals surface area contributed by atoms with Crippen molar-refractivity contribution in [2.75, 3.05) is 25.4 Å². The van der Waals surface area contributed by atoms with Gasteiger partial charge in [-0.25, -0.2) is 12.7 Å². The lowest BCUT2D eigenvalue weighted by Gasteiger charge is -2.14. The zero-order valence-electron chi connectivity index (χ0n) is 12.0. The molecule has 2 rings (SSSR count).